The van der Waals surface area contributed by atoms with E-state index < -0.39 is 0 Å². The van der Waals surface area contributed by atoms with Crippen LogP contribution < -0.4 is 4.90 Å². The van der Waals surface area contributed by atoms with Crippen molar-refractivity contribution in [2.75, 3.05) is 31.2 Å². The number of hydrogen-bond donors (Lipinski definition) is 0. The van der Waals surface area contributed by atoms with Gasteiger partial charge in [-0.1, -0.05) is 5.16 Å². The Balaban J connectivity index is 1.72. The predicted molar refractivity (Wildman–Crippen MR) is 83.0 cm³/mol. The Morgan fingerprint density at radius 2 is 2.00 bits per heavy atom. The molecule has 3 aromatic rings. The quantitative estimate of drug-likeness (QED) is 0.735. The van der Waals surface area contributed by atoms with Gasteiger partial charge in [0.15, 0.2) is 5.76 Å². The van der Waals surface area contributed by atoms with Crippen LogP contribution in [0.2, 0.25) is 0 Å². The zero-order chi connectivity index (χ0) is 15.6. The van der Waals surface area contributed by atoms with E-state index in [1.807, 2.05) is 19.1 Å². The van der Waals surface area contributed by atoms with E-state index in [1.54, 1.807) is 18.7 Å². The molecule has 4 heterocycles. The topological polar surface area (TPSA) is 77.4 Å². The van der Waals surface area contributed by atoms with E-state index in [0.717, 1.165) is 35.7 Å². The van der Waals surface area contributed by atoms with Gasteiger partial charge in [-0.25, -0.2) is 9.97 Å². The van der Waals surface area contributed by atoms with Gasteiger partial charge in [0.25, 0.3) is 0 Å². The third-order valence-electron chi connectivity index (χ3n) is 3.89. The lowest BCUT2D eigenvalue weighted by Gasteiger charge is -2.26. The Labute approximate surface area is 132 Å². The molecular weight excluding hydrogens is 296 g/mol. The maximum absolute atomic E-state index is 5.43. The molecule has 0 atom stereocenters. The Morgan fingerprint density at radius 1 is 1.13 bits per heavy atom. The van der Waals surface area contributed by atoms with Gasteiger partial charge < -0.3 is 18.6 Å². The van der Waals surface area contributed by atoms with Crippen molar-refractivity contribution in [3.05, 3.63) is 36.5 Å². The number of hydrogen-bond acceptors (Lipinski definition) is 7. The van der Waals surface area contributed by atoms with Crippen molar-refractivity contribution in [1.29, 1.82) is 0 Å². The Kier molecular flexibility index (Phi) is 3.55. The molecule has 1 aliphatic heterocycles. The van der Waals surface area contributed by atoms with E-state index in [-0.39, 0.29) is 0 Å². The standard InChI is InChI=1S/C16H16N4O3/c1-11-12(3-7-22-11)15-13(10-18-23-15)14-2-4-17-16(19-14)20-5-8-21-9-6-20/h2-4,7,10H,5-6,8-9H2,1H3. The molecule has 0 bridgehead atoms. The first-order chi connectivity index (χ1) is 11.3. The van der Waals surface area contributed by atoms with Crippen LogP contribution in [0, 0.1) is 6.92 Å². The second-order valence-electron chi connectivity index (χ2n) is 5.30. The molecule has 0 amide bonds. The molecule has 0 saturated carbocycles. The number of furan rings is 1. The number of aryl methyl sites for hydroxylation is 1. The molecular formula is C16H16N4O3. The van der Waals surface area contributed by atoms with Crippen LogP contribution in [-0.4, -0.2) is 41.4 Å². The van der Waals surface area contributed by atoms with Crippen LogP contribution in [-0.2, 0) is 4.74 Å². The fourth-order valence-electron chi connectivity index (χ4n) is 2.65. The molecule has 7 heteroatoms. The Hall–Kier alpha value is -2.67. The van der Waals surface area contributed by atoms with Crippen molar-refractivity contribution >= 4 is 5.95 Å². The molecule has 0 unspecified atom stereocenters. The number of rotatable bonds is 3. The largest absolute Gasteiger partial charge is 0.469 e. The predicted octanol–water partition coefficient (Wildman–Crippen LogP) is 2.54. The van der Waals surface area contributed by atoms with Crippen molar-refractivity contribution in [1.82, 2.24) is 15.1 Å². The van der Waals surface area contributed by atoms with Crippen LogP contribution in [0.15, 0.2) is 39.7 Å². The van der Waals surface area contributed by atoms with Crippen LogP contribution in [0.25, 0.3) is 22.6 Å². The first-order valence-corrected chi connectivity index (χ1v) is 7.48. The minimum absolute atomic E-state index is 0.655. The molecule has 0 aliphatic carbocycles. The highest BCUT2D eigenvalue weighted by molar-refractivity contribution is 5.78. The van der Waals surface area contributed by atoms with Gasteiger partial charge in [0.05, 0.1) is 42.5 Å². The smallest absolute Gasteiger partial charge is 0.226 e. The van der Waals surface area contributed by atoms with Crippen molar-refractivity contribution in [3.63, 3.8) is 0 Å². The zero-order valence-corrected chi connectivity index (χ0v) is 12.7. The third-order valence-corrected chi connectivity index (χ3v) is 3.89. The van der Waals surface area contributed by atoms with E-state index in [2.05, 4.69) is 20.0 Å². The first kappa shape index (κ1) is 14.0. The molecule has 1 saturated heterocycles. The Morgan fingerprint density at radius 3 is 2.78 bits per heavy atom. The molecule has 118 valence electrons. The summed E-state index contributed by atoms with van der Waals surface area (Å²) in [6.45, 7) is 4.86. The van der Waals surface area contributed by atoms with Crippen molar-refractivity contribution in [2.45, 2.75) is 6.92 Å². The summed E-state index contributed by atoms with van der Waals surface area (Å²) < 4.78 is 16.2. The van der Waals surface area contributed by atoms with Crippen LogP contribution in [0.3, 0.4) is 0 Å². The minimum Gasteiger partial charge on any atom is -0.469 e. The van der Waals surface area contributed by atoms with Gasteiger partial charge in [-0.05, 0) is 19.1 Å². The summed E-state index contributed by atoms with van der Waals surface area (Å²) in [6.07, 6.45) is 5.06. The van der Waals surface area contributed by atoms with E-state index in [4.69, 9.17) is 13.7 Å². The fraction of sp³-hybridized carbons (Fsp3) is 0.312. The highest BCUT2D eigenvalue weighted by Gasteiger charge is 2.19. The highest BCUT2D eigenvalue weighted by atomic mass is 16.5. The summed E-state index contributed by atoms with van der Waals surface area (Å²) in [7, 11) is 0. The van der Waals surface area contributed by atoms with Gasteiger partial charge in [-0.15, -0.1) is 0 Å². The lowest BCUT2D eigenvalue weighted by Crippen LogP contribution is -2.37. The molecule has 0 aromatic carbocycles. The van der Waals surface area contributed by atoms with Crippen molar-refractivity contribution in [2.24, 2.45) is 0 Å². The second kappa shape index (κ2) is 5.85. The van der Waals surface area contributed by atoms with Crippen molar-refractivity contribution < 1.29 is 13.7 Å². The molecule has 23 heavy (non-hydrogen) atoms. The molecule has 1 fully saturated rings. The van der Waals surface area contributed by atoms with E-state index in [1.165, 1.54) is 0 Å². The van der Waals surface area contributed by atoms with Gasteiger partial charge in [-0.3, -0.25) is 0 Å². The number of aromatic nitrogens is 3. The summed E-state index contributed by atoms with van der Waals surface area (Å²) in [5, 5.41) is 3.93. The van der Waals surface area contributed by atoms with Crippen LogP contribution in [0.1, 0.15) is 5.76 Å². The summed E-state index contributed by atoms with van der Waals surface area (Å²) in [4.78, 5) is 11.2. The monoisotopic (exact) mass is 312 g/mol. The van der Waals surface area contributed by atoms with Crippen LogP contribution in [0.5, 0.6) is 0 Å². The van der Waals surface area contributed by atoms with E-state index in [0.29, 0.717) is 24.9 Å². The number of ether oxygens (including phenoxy) is 1. The lowest BCUT2D eigenvalue weighted by atomic mass is 10.1. The van der Waals surface area contributed by atoms with E-state index >= 15 is 0 Å². The summed E-state index contributed by atoms with van der Waals surface area (Å²) in [5.74, 6) is 2.13. The normalized spacial score (nSPS) is 15.1. The number of morpholine rings is 1. The molecule has 4 rings (SSSR count). The summed E-state index contributed by atoms with van der Waals surface area (Å²) in [6, 6.07) is 3.72. The maximum atomic E-state index is 5.43. The van der Waals surface area contributed by atoms with Crippen LogP contribution >= 0.6 is 0 Å². The van der Waals surface area contributed by atoms with Crippen molar-refractivity contribution in [3.8, 4) is 22.6 Å². The number of nitrogens with zero attached hydrogens (tertiary/aromatic N) is 4. The Bertz CT molecular complexity index is 805. The molecule has 0 radical (unpaired) electrons. The van der Waals surface area contributed by atoms with Gasteiger partial charge in [0, 0.05) is 19.3 Å². The van der Waals surface area contributed by atoms with Gasteiger partial charge in [0.1, 0.15) is 5.76 Å². The van der Waals surface area contributed by atoms with Gasteiger partial charge in [-0.2, -0.15) is 0 Å². The average molecular weight is 312 g/mol. The molecule has 0 spiro atoms. The summed E-state index contributed by atoms with van der Waals surface area (Å²) >= 11 is 0. The molecule has 3 aromatic heterocycles. The van der Waals surface area contributed by atoms with Gasteiger partial charge in [0.2, 0.25) is 5.95 Å². The van der Waals surface area contributed by atoms with E-state index in [9.17, 15) is 0 Å². The number of anilines is 1. The molecule has 0 N–H and O–H groups in total. The second-order valence-corrected chi connectivity index (χ2v) is 5.30. The zero-order valence-electron chi connectivity index (χ0n) is 12.7. The molecule has 1 aliphatic rings. The lowest BCUT2D eigenvalue weighted by molar-refractivity contribution is 0.122. The van der Waals surface area contributed by atoms with Crippen LogP contribution in [0.4, 0.5) is 5.95 Å². The maximum Gasteiger partial charge on any atom is 0.226 e. The first-order valence-electron chi connectivity index (χ1n) is 7.48. The average Bonchev–Trinajstić information content (AvgIpc) is 3.24. The minimum atomic E-state index is 0.655. The summed E-state index contributed by atoms with van der Waals surface area (Å²) in [5.41, 5.74) is 2.48. The highest BCUT2D eigenvalue weighted by Crippen LogP contribution is 2.33. The molecule has 7 nitrogen and oxygen atoms in total. The fourth-order valence-corrected chi connectivity index (χ4v) is 2.65. The third kappa shape index (κ3) is 2.59. The van der Waals surface area contributed by atoms with Gasteiger partial charge >= 0.3 is 0 Å². The SMILES string of the molecule is Cc1occc1-c1oncc1-c1ccnc(N2CCOCC2)n1.